The van der Waals surface area contributed by atoms with E-state index < -0.39 is 0 Å². The summed E-state index contributed by atoms with van der Waals surface area (Å²) >= 11 is 1.68. The number of rotatable bonds is 6. The van der Waals surface area contributed by atoms with E-state index in [1.54, 1.807) is 11.3 Å². The van der Waals surface area contributed by atoms with Gasteiger partial charge in [-0.15, -0.1) is 11.3 Å². The topological polar surface area (TPSA) is 52.6 Å². The van der Waals surface area contributed by atoms with E-state index in [-0.39, 0.29) is 12.5 Å². The molecule has 4 nitrogen and oxygen atoms in total. The number of nitrogens with zero attached hydrogens (tertiary/aromatic N) is 1. The summed E-state index contributed by atoms with van der Waals surface area (Å²) in [6.07, 6.45) is 0. The molecule has 0 saturated heterocycles. The fourth-order valence-corrected chi connectivity index (χ4v) is 2.00. The molecule has 0 bridgehead atoms. The summed E-state index contributed by atoms with van der Waals surface area (Å²) in [5.41, 5.74) is 0. The third kappa shape index (κ3) is 4.92. The number of carbonyl (C=O) groups is 1. The summed E-state index contributed by atoms with van der Waals surface area (Å²) < 4.78 is 0. The van der Waals surface area contributed by atoms with Crippen LogP contribution in [0.2, 0.25) is 0 Å². The minimum absolute atomic E-state index is 0.0135. The van der Waals surface area contributed by atoms with Crippen LogP contribution >= 0.6 is 11.3 Å². The van der Waals surface area contributed by atoms with Crippen LogP contribution in [0.3, 0.4) is 0 Å². The zero-order valence-electron chi connectivity index (χ0n) is 8.77. The molecule has 84 valence electrons. The smallest absolute Gasteiger partial charge is 0.234 e. The Kier molecular flexibility index (Phi) is 5.31. The molecule has 0 fully saturated rings. The van der Waals surface area contributed by atoms with Gasteiger partial charge in [-0.3, -0.25) is 9.69 Å². The fraction of sp³-hybridized carbons (Fsp3) is 0.500. The Morgan fingerprint density at radius 2 is 2.47 bits per heavy atom. The first-order chi connectivity index (χ1) is 7.22. The first-order valence-corrected chi connectivity index (χ1v) is 5.69. The molecule has 2 N–H and O–H groups in total. The summed E-state index contributed by atoms with van der Waals surface area (Å²) in [5, 5.41) is 13.2. The molecule has 0 atom stereocenters. The zero-order chi connectivity index (χ0) is 11.1. The van der Waals surface area contributed by atoms with Gasteiger partial charge in [-0.25, -0.2) is 0 Å². The maximum Gasteiger partial charge on any atom is 0.234 e. The molecule has 1 rings (SSSR count). The van der Waals surface area contributed by atoms with Crippen LogP contribution in [-0.4, -0.2) is 42.7 Å². The lowest BCUT2D eigenvalue weighted by Gasteiger charge is -2.14. The Labute approximate surface area is 93.5 Å². The predicted octanol–water partition coefficient (Wildman–Crippen LogP) is 0.288. The molecular weight excluding hydrogens is 212 g/mol. The minimum atomic E-state index is -0.0527. The molecule has 0 aliphatic carbocycles. The molecule has 5 heteroatoms. The SMILES string of the molecule is CN(CC(=O)NCCO)Cc1cccs1. The maximum atomic E-state index is 11.3. The number of hydrogen-bond donors (Lipinski definition) is 2. The highest BCUT2D eigenvalue weighted by molar-refractivity contribution is 7.09. The van der Waals surface area contributed by atoms with Gasteiger partial charge in [0.25, 0.3) is 0 Å². The van der Waals surface area contributed by atoms with Gasteiger partial charge in [0.15, 0.2) is 0 Å². The van der Waals surface area contributed by atoms with Crippen molar-refractivity contribution in [2.45, 2.75) is 6.54 Å². The maximum absolute atomic E-state index is 11.3. The van der Waals surface area contributed by atoms with Crippen molar-refractivity contribution in [2.75, 3.05) is 26.7 Å². The first kappa shape index (κ1) is 12.2. The third-order valence-electron chi connectivity index (χ3n) is 1.85. The van der Waals surface area contributed by atoms with E-state index in [1.807, 2.05) is 29.5 Å². The summed E-state index contributed by atoms with van der Waals surface area (Å²) in [7, 11) is 1.90. The Bertz CT molecular complexity index is 288. The van der Waals surface area contributed by atoms with Crippen LogP contribution in [-0.2, 0) is 11.3 Å². The Hall–Kier alpha value is -0.910. The number of carbonyl (C=O) groups excluding carboxylic acids is 1. The normalized spacial score (nSPS) is 10.6. The van der Waals surface area contributed by atoms with E-state index in [1.165, 1.54) is 4.88 Å². The van der Waals surface area contributed by atoms with Crippen molar-refractivity contribution in [3.8, 4) is 0 Å². The third-order valence-corrected chi connectivity index (χ3v) is 2.71. The number of aliphatic hydroxyl groups is 1. The average molecular weight is 228 g/mol. The lowest BCUT2D eigenvalue weighted by atomic mass is 10.4. The van der Waals surface area contributed by atoms with E-state index in [0.29, 0.717) is 13.1 Å². The summed E-state index contributed by atoms with van der Waals surface area (Å²) in [6.45, 7) is 1.45. The van der Waals surface area contributed by atoms with E-state index >= 15 is 0 Å². The molecule has 0 radical (unpaired) electrons. The second kappa shape index (κ2) is 6.55. The fourth-order valence-electron chi connectivity index (χ4n) is 1.22. The average Bonchev–Trinajstić information content (AvgIpc) is 2.67. The highest BCUT2D eigenvalue weighted by atomic mass is 32.1. The lowest BCUT2D eigenvalue weighted by Crippen LogP contribution is -2.36. The highest BCUT2D eigenvalue weighted by Crippen LogP contribution is 2.10. The van der Waals surface area contributed by atoms with E-state index in [2.05, 4.69) is 5.32 Å². The number of aliphatic hydroxyl groups excluding tert-OH is 1. The molecule has 15 heavy (non-hydrogen) atoms. The molecule has 1 amide bonds. The number of amides is 1. The van der Waals surface area contributed by atoms with Crippen molar-refractivity contribution in [3.05, 3.63) is 22.4 Å². The molecule has 0 unspecified atom stereocenters. The largest absolute Gasteiger partial charge is 0.395 e. The first-order valence-electron chi connectivity index (χ1n) is 4.81. The van der Waals surface area contributed by atoms with Crippen LogP contribution in [0.15, 0.2) is 17.5 Å². The van der Waals surface area contributed by atoms with E-state index in [0.717, 1.165) is 6.54 Å². The van der Waals surface area contributed by atoms with Gasteiger partial charge in [0.1, 0.15) is 0 Å². The summed E-state index contributed by atoms with van der Waals surface area (Å²) in [5.74, 6) is -0.0527. The van der Waals surface area contributed by atoms with Gasteiger partial charge >= 0.3 is 0 Å². The zero-order valence-corrected chi connectivity index (χ0v) is 9.59. The monoisotopic (exact) mass is 228 g/mol. The number of likely N-dealkylation sites (N-methyl/N-ethyl adjacent to an activating group) is 1. The predicted molar refractivity (Wildman–Crippen MR) is 60.7 cm³/mol. The second-order valence-corrected chi connectivity index (χ2v) is 4.36. The highest BCUT2D eigenvalue weighted by Gasteiger charge is 2.06. The molecule has 0 spiro atoms. The molecule has 1 aromatic rings. The molecule has 0 aromatic carbocycles. The molecule has 0 saturated carbocycles. The van der Waals surface area contributed by atoms with Crippen LogP contribution in [0.25, 0.3) is 0 Å². The van der Waals surface area contributed by atoms with Crippen LogP contribution < -0.4 is 5.32 Å². The second-order valence-electron chi connectivity index (χ2n) is 3.33. The van der Waals surface area contributed by atoms with Gasteiger partial charge in [-0.1, -0.05) is 6.07 Å². The Morgan fingerprint density at radius 3 is 3.07 bits per heavy atom. The summed E-state index contributed by atoms with van der Waals surface area (Å²) in [6, 6.07) is 4.05. The Morgan fingerprint density at radius 1 is 1.67 bits per heavy atom. The molecule has 1 heterocycles. The molecule has 1 aromatic heterocycles. The number of hydrogen-bond acceptors (Lipinski definition) is 4. The van der Waals surface area contributed by atoms with Gasteiger partial charge in [0.05, 0.1) is 13.2 Å². The molecule has 0 aliphatic rings. The van der Waals surface area contributed by atoms with Gasteiger partial charge in [-0.05, 0) is 18.5 Å². The van der Waals surface area contributed by atoms with Crippen LogP contribution in [0.5, 0.6) is 0 Å². The molecular formula is C10H16N2O2S. The van der Waals surface area contributed by atoms with Gasteiger partial charge in [0.2, 0.25) is 5.91 Å². The van der Waals surface area contributed by atoms with E-state index in [4.69, 9.17) is 5.11 Å². The van der Waals surface area contributed by atoms with E-state index in [9.17, 15) is 4.79 Å². The lowest BCUT2D eigenvalue weighted by molar-refractivity contribution is -0.122. The van der Waals surface area contributed by atoms with Crippen molar-refractivity contribution in [2.24, 2.45) is 0 Å². The number of nitrogens with one attached hydrogen (secondary N) is 1. The van der Waals surface area contributed by atoms with Gasteiger partial charge < -0.3 is 10.4 Å². The van der Waals surface area contributed by atoms with Gasteiger partial charge in [-0.2, -0.15) is 0 Å². The quantitative estimate of drug-likeness (QED) is 0.736. The Balaban J connectivity index is 2.23. The summed E-state index contributed by atoms with van der Waals surface area (Å²) in [4.78, 5) is 14.5. The molecule has 0 aliphatic heterocycles. The number of thiophene rings is 1. The van der Waals surface area contributed by atoms with Crippen LogP contribution in [0.1, 0.15) is 4.88 Å². The van der Waals surface area contributed by atoms with Crippen molar-refractivity contribution < 1.29 is 9.90 Å². The van der Waals surface area contributed by atoms with Crippen molar-refractivity contribution >= 4 is 17.2 Å². The van der Waals surface area contributed by atoms with Crippen molar-refractivity contribution in [1.29, 1.82) is 0 Å². The van der Waals surface area contributed by atoms with Crippen LogP contribution in [0, 0.1) is 0 Å². The van der Waals surface area contributed by atoms with Gasteiger partial charge in [0, 0.05) is 18.0 Å². The minimum Gasteiger partial charge on any atom is -0.395 e. The van der Waals surface area contributed by atoms with Crippen molar-refractivity contribution in [1.82, 2.24) is 10.2 Å². The standard InChI is InChI=1S/C10H16N2O2S/c1-12(7-9-3-2-6-15-9)8-10(14)11-4-5-13/h2-3,6,13H,4-5,7-8H2,1H3,(H,11,14). The van der Waals surface area contributed by atoms with Crippen LogP contribution in [0.4, 0.5) is 0 Å². The van der Waals surface area contributed by atoms with Crippen molar-refractivity contribution in [3.63, 3.8) is 0 Å².